The van der Waals surface area contributed by atoms with Crippen LogP contribution in [0, 0.1) is 0 Å². The SMILES string of the molecule is CC(C)(F)C(=O)Nc1cccc(-c2cn(Cc3ccc(-c4nnc(C(F)F)o4)cn3)nn2)c1. The minimum Gasteiger partial charge on any atom is -0.415 e. The Hall–Kier alpha value is -4.09. The molecule has 3 aromatic heterocycles. The first-order chi connectivity index (χ1) is 15.7. The molecule has 170 valence electrons. The minimum absolute atomic E-state index is 0.0458. The third-order valence-electron chi connectivity index (χ3n) is 4.52. The Morgan fingerprint density at radius 2 is 1.97 bits per heavy atom. The average Bonchev–Trinajstić information content (AvgIpc) is 3.44. The molecule has 1 aromatic carbocycles. The fourth-order valence-corrected chi connectivity index (χ4v) is 2.79. The summed E-state index contributed by atoms with van der Waals surface area (Å²) in [6.45, 7) is 2.66. The summed E-state index contributed by atoms with van der Waals surface area (Å²) in [6.07, 6.45) is 0.296. The van der Waals surface area contributed by atoms with Crippen LogP contribution in [0.15, 0.2) is 53.2 Å². The molecule has 3 heterocycles. The van der Waals surface area contributed by atoms with Crippen LogP contribution in [0.4, 0.5) is 18.9 Å². The highest BCUT2D eigenvalue weighted by molar-refractivity contribution is 5.97. The number of halogens is 3. The van der Waals surface area contributed by atoms with E-state index in [-0.39, 0.29) is 5.89 Å². The maximum Gasteiger partial charge on any atom is 0.314 e. The van der Waals surface area contributed by atoms with Crippen LogP contribution in [0.25, 0.3) is 22.7 Å². The molecule has 33 heavy (non-hydrogen) atoms. The molecule has 0 unspecified atom stereocenters. The molecule has 4 aromatic rings. The van der Waals surface area contributed by atoms with E-state index in [0.29, 0.717) is 34.7 Å². The van der Waals surface area contributed by atoms with Crippen molar-refractivity contribution < 1.29 is 22.4 Å². The van der Waals surface area contributed by atoms with Gasteiger partial charge in [0.25, 0.3) is 11.8 Å². The van der Waals surface area contributed by atoms with Gasteiger partial charge in [-0.05, 0) is 38.1 Å². The topological polar surface area (TPSA) is 112 Å². The normalized spacial score (nSPS) is 11.7. The quantitative estimate of drug-likeness (QED) is 0.445. The van der Waals surface area contributed by atoms with Crippen molar-refractivity contribution in [3.8, 4) is 22.7 Å². The van der Waals surface area contributed by atoms with E-state index in [1.54, 1.807) is 47.3 Å². The molecule has 9 nitrogen and oxygen atoms in total. The molecular weight excluding hydrogens is 439 g/mol. The second kappa shape index (κ2) is 8.81. The molecule has 0 saturated heterocycles. The summed E-state index contributed by atoms with van der Waals surface area (Å²) in [5, 5.41) is 17.6. The third-order valence-corrected chi connectivity index (χ3v) is 4.52. The molecule has 0 saturated carbocycles. The fraction of sp³-hybridized carbons (Fsp3) is 0.238. The van der Waals surface area contributed by atoms with Gasteiger partial charge in [0, 0.05) is 17.4 Å². The van der Waals surface area contributed by atoms with E-state index in [9.17, 15) is 18.0 Å². The summed E-state index contributed by atoms with van der Waals surface area (Å²) in [4.78, 5) is 16.1. The predicted molar refractivity (Wildman–Crippen MR) is 111 cm³/mol. The van der Waals surface area contributed by atoms with Crippen LogP contribution < -0.4 is 5.32 Å². The summed E-state index contributed by atoms with van der Waals surface area (Å²) in [6, 6.07) is 10.1. The fourth-order valence-electron chi connectivity index (χ4n) is 2.79. The van der Waals surface area contributed by atoms with Gasteiger partial charge in [-0.3, -0.25) is 9.78 Å². The second-order valence-electron chi connectivity index (χ2n) is 7.59. The lowest BCUT2D eigenvalue weighted by Gasteiger charge is -2.14. The highest BCUT2D eigenvalue weighted by Crippen LogP contribution is 2.24. The highest BCUT2D eigenvalue weighted by atomic mass is 19.3. The van der Waals surface area contributed by atoms with Crippen LogP contribution in [-0.2, 0) is 11.3 Å². The van der Waals surface area contributed by atoms with Gasteiger partial charge in [0.2, 0.25) is 5.89 Å². The van der Waals surface area contributed by atoms with Crippen molar-refractivity contribution in [2.24, 2.45) is 0 Å². The van der Waals surface area contributed by atoms with Gasteiger partial charge in [-0.15, -0.1) is 15.3 Å². The Bertz CT molecular complexity index is 1260. The molecule has 0 aliphatic heterocycles. The van der Waals surface area contributed by atoms with Crippen molar-refractivity contribution in [2.45, 2.75) is 32.5 Å². The lowest BCUT2D eigenvalue weighted by Crippen LogP contribution is -2.32. The number of hydrogen-bond donors (Lipinski definition) is 1. The van der Waals surface area contributed by atoms with Crippen LogP contribution in [0.3, 0.4) is 0 Å². The van der Waals surface area contributed by atoms with E-state index in [4.69, 9.17) is 4.42 Å². The zero-order valence-corrected chi connectivity index (χ0v) is 17.5. The molecule has 0 fully saturated rings. The Kier molecular flexibility index (Phi) is 5.90. The Balaban J connectivity index is 1.45. The largest absolute Gasteiger partial charge is 0.415 e. The maximum atomic E-state index is 13.8. The zero-order valence-electron chi connectivity index (χ0n) is 17.5. The number of carbonyl (C=O) groups excluding carboxylic acids is 1. The third kappa shape index (κ3) is 5.22. The van der Waals surface area contributed by atoms with Crippen LogP contribution in [0.5, 0.6) is 0 Å². The van der Waals surface area contributed by atoms with Crippen molar-refractivity contribution in [3.63, 3.8) is 0 Å². The Labute approximate surface area is 185 Å². The lowest BCUT2D eigenvalue weighted by molar-refractivity contribution is -0.125. The number of alkyl halides is 3. The average molecular weight is 457 g/mol. The van der Waals surface area contributed by atoms with Gasteiger partial charge in [0.15, 0.2) is 5.67 Å². The number of benzene rings is 1. The Morgan fingerprint density at radius 1 is 1.15 bits per heavy atom. The van der Waals surface area contributed by atoms with Gasteiger partial charge >= 0.3 is 6.43 Å². The van der Waals surface area contributed by atoms with E-state index in [2.05, 4.69) is 30.8 Å². The number of nitrogens with one attached hydrogen (secondary N) is 1. The molecule has 0 aliphatic carbocycles. The number of nitrogens with zero attached hydrogens (tertiary/aromatic N) is 6. The number of pyridine rings is 1. The number of hydrogen-bond acceptors (Lipinski definition) is 7. The van der Waals surface area contributed by atoms with Crippen LogP contribution >= 0.6 is 0 Å². The molecule has 0 atom stereocenters. The van der Waals surface area contributed by atoms with E-state index < -0.39 is 23.9 Å². The standard InChI is InChI=1S/C21H18F3N7O2/c1-21(2,24)20(32)26-14-5-3-4-12(8-14)16-11-31(30-27-16)10-15-7-6-13(9-25-15)18-28-29-19(33-18)17(22)23/h3-9,11,17H,10H2,1-2H3,(H,26,32). The predicted octanol–water partition coefficient (Wildman–Crippen LogP) is 4.06. The van der Waals surface area contributed by atoms with E-state index >= 15 is 0 Å². The van der Waals surface area contributed by atoms with Crippen molar-refractivity contribution >= 4 is 11.6 Å². The number of rotatable bonds is 7. The summed E-state index contributed by atoms with van der Waals surface area (Å²) in [5.74, 6) is -1.54. The first-order valence-electron chi connectivity index (χ1n) is 9.77. The molecule has 12 heteroatoms. The molecule has 0 bridgehead atoms. The molecule has 0 aliphatic rings. The minimum atomic E-state index is -2.84. The Morgan fingerprint density at radius 3 is 2.64 bits per heavy atom. The van der Waals surface area contributed by atoms with Crippen LogP contribution in [0.2, 0.25) is 0 Å². The molecule has 1 amide bonds. The molecule has 0 radical (unpaired) electrons. The number of amides is 1. The van der Waals surface area contributed by atoms with Crippen LogP contribution in [-0.4, -0.2) is 41.8 Å². The van der Waals surface area contributed by atoms with Gasteiger partial charge < -0.3 is 9.73 Å². The summed E-state index contributed by atoms with van der Waals surface area (Å²) >= 11 is 0. The number of carbonyl (C=O) groups is 1. The maximum absolute atomic E-state index is 13.8. The van der Waals surface area contributed by atoms with Crippen molar-refractivity contribution in [2.75, 3.05) is 5.32 Å². The molecule has 0 spiro atoms. The summed E-state index contributed by atoms with van der Waals surface area (Å²) in [5.41, 5.74) is 0.711. The van der Waals surface area contributed by atoms with Crippen molar-refractivity contribution in [1.29, 1.82) is 0 Å². The molecule has 4 rings (SSSR count). The zero-order chi connectivity index (χ0) is 23.6. The smallest absolute Gasteiger partial charge is 0.314 e. The number of aromatic nitrogens is 6. The highest BCUT2D eigenvalue weighted by Gasteiger charge is 2.26. The van der Waals surface area contributed by atoms with E-state index in [0.717, 1.165) is 0 Å². The van der Waals surface area contributed by atoms with Gasteiger partial charge in [-0.2, -0.15) is 8.78 Å². The van der Waals surface area contributed by atoms with Gasteiger partial charge in [-0.25, -0.2) is 9.07 Å². The van der Waals surface area contributed by atoms with E-state index in [1.807, 2.05) is 0 Å². The van der Waals surface area contributed by atoms with Gasteiger partial charge in [-0.1, -0.05) is 17.3 Å². The molecular formula is C21H18F3N7O2. The lowest BCUT2D eigenvalue weighted by atomic mass is 10.1. The van der Waals surface area contributed by atoms with Crippen molar-refractivity contribution in [3.05, 3.63) is 60.4 Å². The first-order valence-corrected chi connectivity index (χ1v) is 9.77. The molecule has 1 N–H and O–H groups in total. The summed E-state index contributed by atoms with van der Waals surface area (Å²) in [7, 11) is 0. The monoisotopic (exact) mass is 457 g/mol. The van der Waals surface area contributed by atoms with Gasteiger partial charge in [0.1, 0.15) is 5.69 Å². The number of anilines is 1. The second-order valence-corrected chi connectivity index (χ2v) is 7.59. The van der Waals surface area contributed by atoms with Crippen molar-refractivity contribution in [1.82, 2.24) is 30.2 Å². The summed E-state index contributed by atoms with van der Waals surface area (Å²) < 4.78 is 45.4. The first kappa shape index (κ1) is 22.1. The van der Waals surface area contributed by atoms with Crippen LogP contribution in [0.1, 0.15) is 31.9 Å². The van der Waals surface area contributed by atoms with Gasteiger partial charge in [0.05, 0.1) is 24.0 Å². The van der Waals surface area contributed by atoms with E-state index in [1.165, 1.54) is 20.0 Å².